The number of H-pyrrole nitrogens is 1. The van der Waals surface area contributed by atoms with E-state index in [2.05, 4.69) is 33.9 Å². The van der Waals surface area contributed by atoms with Crippen molar-refractivity contribution in [2.24, 2.45) is 0 Å². The Balaban J connectivity index is 2.36. The Morgan fingerprint density at radius 1 is 1.50 bits per heavy atom. The van der Waals surface area contributed by atoms with Crippen molar-refractivity contribution in [1.82, 2.24) is 15.5 Å². The van der Waals surface area contributed by atoms with E-state index in [1.165, 1.54) is 10.4 Å². The smallest absolute Gasteiger partial charge is 0.0839 e. The summed E-state index contributed by atoms with van der Waals surface area (Å²) in [6.07, 6.45) is 1.78. The van der Waals surface area contributed by atoms with E-state index in [0.29, 0.717) is 0 Å². The van der Waals surface area contributed by atoms with Gasteiger partial charge in [-0.25, -0.2) is 0 Å². The lowest BCUT2D eigenvalue weighted by Crippen LogP contribution is -2.17. The van der Waals surface area contributed by atoms with Gasteiger partial charge < -0.3 is 5.32 Å². The SMILES string of the molecule is CNC(c1ccn[nH]1)c1sccc1C. The first-order valence-electron chi connectivity index (χ1n) is 4.53. The highest BCUT2D eigenvalue weighted by atomic mass is 32.1. The number of hydrogen-bond donors (Lipinski definition) is 2. The van der Waals surface area contributed by atoms with Crippen molar-refractivity contribution in [3.63, 3.8) is 0 Å². The van der Waals surface area contributed by atoms with Crippen LogP contribution in [0.3, 0.4) is 0 Å². The summed E-state index contributed by atoms with van der Waals surface area (Å²) in [6, 6.07) is 4.37. The van der Waals surface area contributed by atoms with Gasteiger partial charge in [-0.1, -0.05) is 0 Å². The molecule has 0 aliphatic carbocycles. The summed E-state index contributed by atoms with van der Waals surface area (Å²) in [7, 11) is 1.96. The van der Waals surface area contributed by atoms with Crippen LogP contribution in [-0.2, 0) is 0 Å². The van der Waals surface area contributed by atoms with E-state index in [1.54, 1.807) is 17.5 Å². The Morgan fingerprint density at radius 2 is 2.36 bits per heavy atom. The van der Waals surface area contributed by atoms with Gasteiger partial charge in [-0.3, -0.25) is 5.10 Å². The van der Waals surface area contributed by atoms with Gasteiger partial charge >= 0.3 is 0 Å². The van der Waals surface area contributed by atoms with Crippen LogP contribution in [0.15, 0.2) is 23.7 Å². The van der Waals surface area contributed by atoms with E-state index >= 15 is 0 Å². The minimum Gasteiger partial charge on any atom is -0.307 e. The molecule has 3 nitrogen and oxygen atoms in total. The van der Waals surface area contributed by atoms with Gasteiger partial charge in [-0.05, 0) is 37.0 Å². The average molecular weight is 207 g/mol. The van der Waals surface area contributed by atoms with Crippen LogP contribution in [-0.4, -0.2) is 17.2 Å². The van der Waals surface area contributed by atoms with Gasteiger partial charge in [-0.2, -0.15) is 5.10 Å². The first-order chi connectivity index (χ1) is 6.83. The maximum Gasteiger partial charge on any atom is 0.0839 e. The summed E-state index contributed by atoms with van der Waals surface area (Å²) in [5, 5.41) is 12.4. The lowest BCUT2D eigenvalue weighted by molar-refractivity contribution is 0.675. The van der Waals surface area contributed by atoms with Crippen LogP contribution in [0.25, 0.3) is 0 Å². The molecule has 2 aromatic rings. The minimum absolute atomic E-state index is 0.234. The highest BCUT2D eigenvalue weighted by Crippen LogP contribution is 2.27. The molecule has 0 aromatic carbocycles. The molecule has 0 aliphatic heterocycles. The van der Waals surface area contributed by atoms with Crippen molar-refractivity contribution in [3.05, 3.63) is 39.8 Å². The molecule has 0 radical (unpaired) electrons. The predicted molar refractivity (Wildman–Crippen MR) is 58.5 cm³/mol. The normalized spacial score (nSPS) is 13.0. The number of rotatable bonds is 3. The quantitative estimate of drug-likeness (QED) is 0.809. The van der Waals surface area contributed by atoms with Crippen molar-refractivity contribution in [3.8, 4) is 0 Å². The lowest BCUT2D eigenvalue weighted by Gasteiger charge is -2.13. The number of thiophene rings is 1. The first kappa shape index (κ1) is 9.43. The third-order valence-electron chi connectivity index (χ3n) is 2.29. The zero-order valence-electron chi connectivity index (χ0n) is 8.24. The molecule has 0 saturated heterocycles. The molecule has 0 fully saturated rings. The van der Waals surface area contributed by atoms with Crippen LogP contribution in [0.5, 0.6) is 0 Å². The molecule has 14 heavy (non-hydrogen) atoms. The number of aromatic nitrogens is 2. The Morgan fingerprint density at radius 3 is 2.86 bits per heavy atom. The summed E-state index contributed by atoms with van der Waals surface area (Å²) in [5.74, 6) is 0. The lowest BCUT2D eigenvalue weighted by atomic mass is 10.1. The van der Waals surface area contributed by atoms with Crippen LogP contribution >= 0.6 is 11.3 Å². The molecular formula is C10H13N3S. The second-order valence-electron chi connectivity index (χ2n) is 3.20. The van der Waals surface area contributed by atoms with E-state index in [9.17, 15) is 0 Å². The van der Waals surface area contributed by atoms with E-state index in [4.69, 9.17) is 0 Å². The highest BCUT2D eigenvalue weighted by molar-refractivity contribution is 7.10. The number of aromatic amines is 1. The monoisotopic (exact) mass is 207 g/mol. The van der Waals surface area contributed by atoms with E-state index in [-0.39, 0.29) is 6.04 Å². The van der Waals surface area contributed by atoms with Gasteiger partial charge in [0, 0.05) is 11.1 Å². The molecule has 2 aromatic heterocycles. The molecule has 0 spiro atoms. The maximum absolute atomic E-state index is 3.97. The third-order valence-corrected chi connectivity index (χ3v) is 3.37. The van der Waals surface area contributed by atoms with Crippen molar-refractivity contribution >= 4 is 11.3 Å². The molecule has 1 unspecified atom stereocenters. The number of nitrogens with zero attached hydrogens (tertiary/aromatic N) is 1. The fraction of sp³-hybridized carbons (Fsp3) is 0.300. The Labute approximate surface area is 87.2 Å². The van der Waals surface area contributed by atoms with E-state index < -0.39 is 0 Å². The van der Waals surface area contributed by atoms with Crippen LogP contribution in [0, 0.1) is 6.92 Å². The van der Waals surface area contributed by atoms with Crippen LogP contribution in [0.1, 0.15) is 22.2 Å². The van der Waals surface area contributed by atoms with Gasteiger partial charge in [-0.15, -0.1) is 11.3 Å². The summed E-state index contributed by atoms with van der Waals surface area (Å²) in [4.78, 5) is 1.34. The average Bonchev–Trinajstić information content (AvgIpc) is 2.80. The third kappa shape index (κ3) is 1.58. The van der Waals surface area contributed by atoms with Gasteiger partial charge in [0.1, 0.15) is 0 Å². The van der Waals surface area contributed by atoms with Crippen LogP contribution < -0.4 is 5.32 Å². The zero-order chi connectivity index (χ0) is 9.97. The minimum atomic E-state index is 0.234. The largest absolute Gasteiger partial charge is 0.307 e. The van der Waals surface area contributed by atoms with Crippen molar-refractivity contribution in [2.75, 3.05) is 7.05 Å². The topological polar surface area (TPSA) is 40.7 Å². The molecule has 0 amide bonds. The molecule has 0 bridgehead atoms. The highest BCUT2D eigenvalue weighted by Gasteiger charge is 2.16. The summed E-state index contributed by atoms with van der Waals surface area (Å²) in [6.45, 7) is 2.13. The Hall–Kier alpha value is -1.13. The molecule has 1 atom stereocenters. The molecule has 2 heterocycles. The molecule has 2 rings (SSSR count). The van der Waals surface area contributed by atoms with Gasteiger partial charge in [0.25, 0.3) is 0 Å². The predicted octanol–water partition coefficient (Wildman–Crippen LogP) is 2.09. The van der Waals surface area contributed by atoms with Crippen molar-refractivity contribution in [2.45, 2.75) is 13.0 Å². The molecular weight excluding hydrogens is 194 g/mol. The van der Waals surface area contributed by atoms with Gasteiger partial charge in [0.15, 0.2) is 0 Å². The van der Waals surface area contributed by atoms with Crippen LogP contribution in [0.2, 0.25) is 0 Å². The fourth-order valence-corrected chi connectivity index (χ4v) is 2.59. The standard InChI is InChI=1S/C10H13N3S/c1-7-4-6-14-10(7)9(11-2)8-3-5-12-13-8/h3-6,9,11H,1-2H3,(H,12,13). The fourth-order valence-electron chi connectivity index (χ4n) is 1.54. The Bertz CT molecular complexity index is 391. The maximum atomic E-state index is 3.97. The van der Waals surface area contributed by atoms with Crippen LogP contribution in [0.4, 0.5) is 0 Å². The van der Waals surface area contributed by atoms with Gasteiger partial charge in [0.2, 0.25) is 0 Å². The second-order valence-corrected chi connectivity index (χ2v) is 4.15. The molecule has 4 heteroatoms. The molecule has 0 aliphatic rings. The number of aryl methyl sites for hydroxylation is 1. The molecule has 2 N–H and O–H groups in total. The van der Waals surface area contributed by atoms with Crippen molar-refractivity contribution in [1.29, 1.82) is 0 Å². The number of hydrogen-bond acceptors (Lipinski definition) is 3. The van der Waals surface area contributed by atoms with Crippen molar-refractivity contribution < 1.29 is 0 Å². The van der Waals surface area contributed by atoms with Gasteiger partial charge in [0.05, 0.1) is 11.7 Å². The first-order valence-corrected chi connectivity index (χ1v) is 5.41. The Kier molecular flexibility index (Phi) is 2.65. The molecule has 0 saturated carbocycles. The van der Waals surface area contributed by atoms with E-state index in [1.807, 2.05) is 13.1 Å². The summed E-state index contributed by atoms with van der Waals surface area (Å²) >= 11 is 1.77. The second kappa shape index (κ2) is 3.94. The summed E-state index contributed by atoms with van der Waals surface area (Å²) in [5.41, 5.74) is 2.43. The summed E-state index contributed by atoms with van der Waals surface area (Å²) < 4.78 is 0. The number of nitrogens with one attached hydrogen (secondary N) is 2. The molecule has 74 valence electrons. The zero-order valence-corrected chi connectivity index (χ0v) is 9.06. The van der Waals surface area contributed by atoms with E-state index in [0.717, 1.165) is 5.69 Å².